The summed E-state index contributed by atoms with van der Waals surface area (Å²) in [6, 6.07) is 13.3. The van der Waals surface area contributed by atoms with Gasteiger partial charge in [-0.1, -0.05) is 23.7 Å². The molecule has 1 fully saturated rings. The quantitative estimate of drug-likeness (QED) is 0.729. The molecule has 2 aromatic carbocycles. The first kappa shape index (κ1) is 20.5. The van der Waals surface area contributed by atoms with Crippen molar-refractivity contribution in [2.24, 2.45) is 0 Å². The van der Waals surface area contributed by atoms with Crippen molar-refractivity contribution in [2.45, 2.75) is 25.5 Å². The topological polar surface area (TPSA) is 42.0 Å². The van der Waals surface area contributed by atoms with Crippen LogP contribution in [0.5, 0.6) is 11.5 Å². The number of rotatable bonds is 6. The van der Waals surface area contributed by atoms with Crippen molar-refractivity contribution >= 4 is 17.5 Å². The van der Waals surface area contributed by atoms with Crippen LogP contribution >= 0.6 is 11.6 Å². The van der Waals surface area contributed by atoms with E-state index in [0.29, 0.717) is 34.7 Å². The summed E-state index contributed by atoms with van der Waals surface area (Å²) in [6.45, 7) is 1.95. The molecule has 0 aliphatic carbocycles. The van der Waals surface area contributed by atoms with Gasteiger partial charge in [-0.05, 0) is 62.8 Å². The molecule has 0 spiro atoms. The molecule has 1 amide bonds. The van der Waals surface area contributed by atoms with E-state index in [1.54, 1.807) is 25.3 Å². The highest BCUT2D eigenvalue weighted by atomic mass is 35.5. The number of piperidine rings is 1. The SMILES string of the molecule is COc1cc(C(=O)N2CCCC(N(C)C)C2)ccc1OCc1ccc(Cl)cc1. The minimum Gasteiger partial charge on any atom is -0.493 e. The number of likely N-dealkylation sites (N-methyl/N-ethyl adjacent to an activating group) is 1. The van der Waals surface area contributed by atoms with E-state index in [9.17, 15) is 4.79 Å². The molecule has 1 aliphatic heterocycles. The van der Waals surface area contributed by atoms with Crippen LogP contribution < -0.4 is 9.47 Å². The maximum atomic E-state index is 13.0. The predicted molar refractivity (Wildman–Crippen MR) is 111 cm³/mol. The Morgan fingerprint density at radius 2 is 1.93 bits per heavy atom. The van der Waals surface area contributed by atoms with Gasteiger partial charge < -0.3 is 19.3 Å². The van der Waals surface area contributed by atoms with E-state index in [-0.39, 0.29) is 5.91 Å². The number of hydrogen-bond donors (Lipinski definition) is 0. The van der Waals surface area contributed by atoms with E-state index >= 15 is 0 Å². The summed E-state index contributed by atoms with van der Waals surface area (Å²) < 4.78 is 11.3. The molecule has 0 N–H and O–H groups in total. The Bertz CT molecular complexity index is 808. The molecule has 1 aliphatic rings. The van der Waals surface area contributed by atoms with Gasteiger partial charge in [0, 0.05) is 29.7 Å². The number of carbonyl (C=O) groups is 1. The third-order valence-electron chi connectivity index (χ3n) is 5.13. The number of nitrogens with zero attached hydrogens (tertiary/aromatic N) is 2. The highest BCUT2D eigenvalue weighted by molar-refractivity contribution is 6.30. The van der Waals surface area contributed by atoms with Crippen molar-refractivity contribution in [1.29, 1.82) is 0 Å². The van der Waals surface area contributed by atoms with Gasteiger partial charge in [0.05, 0.1) is 7.11 Å². The summed E-state index contributed by atoms with van der Waals surface area (Å²) in [4.78, 5) is 17.1. The second-order valence-corrected chi connectivity index (χ2v) is 7.73. The minimum absolute atomic E-state index is 0.0362. The summed E-state index contributed by atoms with van der Waals surface area (Å²) in [5.41, 5.74) is 1.63. The molecule has 0 radical (unpaired) electrons. The van der Waals surface area contributed by atoms with Gasteiger partial charge in [0.2, 0.25) is 0 Å². The fourth-order valence-electron chi connectivity index (χ4n) is 3.40. The van der Waals surface area contributed by atoms with Gasteiger partial charge in [0.1, 0.15) is 6.61 Å². The molecule has 1 heterocycles. The number of benzene rings is 2. The normalized spacial score (nSPS) is 16.9. The lowest BCUT2D eigenvalue weighted by molar-refractivity contribution is 0.0634. The van der Waals surface area contributed by atoms with Gasteiger partial charge in [-0.2, -0.15) is 0 Å². The van der Waals surface area contributed by atoms with Crippen LogP contribution in [0.2, 0.25) is 5.02 Å². The number of carbonyl (C=O) groups excluding carboxylic acids is 1. The summed E-state index contributed by atoms with van der Waals surface area (Å²) in [7, 11) is 5.71. The zero-order valence-corrected chi connectivity index (χ0v) is 17.4. The minimum atomic E-state index is 0.0362. The fourth-order valence-corrected chi connectivity index (χ4v) is 3.53. The van der Waals surface area contributed by atoms with Crippen molar-refractivity contribution in [3.63, 3.8) is 0 Å². The summed E-state index contributed by atoms with van der Waals surface area (Å²) in [5, 5.41) is 0.693. The van der Waals surface area contributed by atoms with Crippen LogP contribution in [-0.2, 0) is 6.61 Å². The number of ether oxygens (including phenoxy) is 2. The van der Waals surface area contributed by atoms with Crippen LogP contribution in [0.25, 0.3) is 0 Å². The molecule has 28 heavy (non-hydrogen) atoms. The van der Waals surface area contributed by atoms with Gasteiger partial charge in [-0.25, -0.2) is 0 Å². The Labute approximate surface area is 171 Å². The van der Waals surface area contributed by atoms with Crippen LogP contribution in [0.1, 0.15) is 28.8 Å². The Morgan fingerprint density at radius 1 is 1.18 bits per heavy atom. The van der Waals surface area contributed by atoms with Crippen molar-refractivity contribution in [3.05, 3.63) is 58.6 Å². The molecule has 3 rings (SSSR count). The summed E-state index contributed by atoms with van der Waals surface area (Å²) >= 11 is 5.91. The smallest absolute Gasteiger partial charge is 0.254 e. The van der Waals surface area contributed by atoms with Crippen LogP contribution in [0.3, 0.4) is 0 Å². The lowest BCUT2D eigenvalue weighted by Crippen LogP contribution is -2.47. The van der Waals surface area contributed by atoms with Gasteiger partial charge in [-0.3, -0.25) is 4.79 Å². The highest BCUT2D eigenvalue weighted by Crippen LogP contribution is 2.30. The molecule has 1 atom stereocenters. The number of likely N-dealkylation sites (tertiary alicyclic amines) is 1. The largest absolute Gasteiger partial charge is 0.493 e. The number of methoxy groups -OCH3 is 1. The van der Waals surface area contributed by atoms with Crippen molar-refractivity contribution in [2.75, 3.05) is 34.3 Å². The average molecular weight is 403 g/mol. The van der Waals surface area contributed by atoms with Crippen LogP contribution in [0, 0.1) is 0 Å². The van der Waals surface area contributed by atoms with Crippen molar-refractivity contribution in [1.82, 2.24) is 9.80 Å². The molecule has 2 aromatic rings. The Kier molecular flexibility index (Phi) is 6.81. The maximum Gasteiger partial charge on any atom is 0.254 e. The molecule has 1 unspecified atom stereocenters. The van der Waals surface area contributed by atoms with Gasteiger partial charge in [0.15, 0.2) is 11.5 Å². The van der Waals surface area contributed by atoms with Gasteiger partial charge in [0.25, 0.3) is 5.91 Å². The zero-order chi connectivity index (χ0) is 20.1. The third kappa shape index (κ3) is 4.97. The number of amides is 1. The lowest BCUT2D eigenvalue weighted by Gasteiger charge is -2.36. The summed E-state index contributed by atoms with van der Waals surface area (Å²) in [6.07, 6.45) is 2.14. The second kappa shape index (κ2) is 9.30. The Balaban J connectivity index is 1.69. The van der Waals surface area contributed by atoms with E-state index < -0.39 is 0 Å². The van der Waals surface area contributed by atoms with E-state index in [1.807, 2.05) is 29.2 Å². The molecule has 6 heteroatoms. The molecule has 0 aromatic heterocycles. The standard InChI is InChI=1S/C22H27ClN2O3/c1-24(2)19-5-4-12-25(14-19)22(26)17-8-11-20(21(13-17)27-3)28-15-16-6-9-18(23)10-7-16/h6-11,13,19H,4-5,12,14-15H2,1-3H3. The van der Waals surface area contributed by atoms with Gasteiger partial charge >= 0.3 is 0 Å². The van der Waals surface area contributed by atoms with Crippen LogP contribution in [0.4, 0.5) is 0 Å². The molecule has 0 bridgehead atoms. The summed E-state index contributed by atoms with van der Waals surface area (Å²) in [5.74, 6) is 1.20. The fraction of sp³-hybridized carbons (Fsp3) is 0.409. The number of hydrogen-bond acceptors (Lipinski definition) is 4. The number of halogens is 1. The van der Waals surface area contributed by atoms with Crippen LogP contribution in [0.15, 0.2) is 42.5 Å². The first-order valence-electron chi connectivity index (χ1n) is 9.49. The van der Waals surface area contributed by atoms with E-state index in [0.717, 1.165) is 31.5 Å². The van der Waals surface area contributed by atoms with Crippen LogP contribution in [-0.4, -0.2) is 56.0 Å². The molecular formula is C22H27ClN2O3. The molecule has 150 valence electrons. The van der Waals surface area contributed by atoms with Gasteiger partial charge in [-0.15, -0.1) is 0 Å². The zero-order valence-electron chi connectivity index (χ0n) is 16.7. The third-order valence-corrected chi connectivity index (χ3v) is 5.38. The molecular weight excluding hydrogens is 376 g/mol. The first-order valence-corrected chi connectivity index (χ1v) is 9.86. The molecule has 5 nitrogen and oxygen atoms in total. The van der Waals surface area contributed by atoms with E-state index in [2.05, 4.69) is 19.0 Å². The Morgan fingerprint density at radius 3 is 2.61 bits per heavy atom. The highest BCUT2D eigenvalue weighted by Gasteiger charge is 2.26. The molecule has 0 saturated carbocycles. The van der Waals surface area contributed by atoms with Crippen molar-refractivity contribution in [3.8, 4) is 11.5 Å². The monoisotopic (exact) mass is 402 g/mol. The predicted octanol–water partition coefficient (Wildman–Crippen LogP) is 4.09. The lowest BCUT2D eigenvalue weighted by atomic mass is 10.0. The maximum absolute atomic E-state index is 13.0. The second-order valence-electron chi connectivity index (χ2n) is 7.29. The Hall–Kier alpha value is -2.24. The van der Waals surface area contributed by atoms with Crippen molar-refractivity contribution < 1.29 is 14.3 Å². The van der Waals surface area contributed by atoms with E-state index in [1.165, 1.54) is 0 Å². The first-order chi connectivity index (χ1) is 13.5. The van der Waals surface area contributed by atoms with E-state index in [4.69, 9.17) is 21.1 Å². The average Bonchev–Trinajstić information content (AvgIpc) is 2.72. The molecule has 1 saturated heterocycles.